The molecule has 5 rings (SSSR count). The van der Waals surface area contributed by atoms with Crippen LogP contribution in [-0.4, -0.2) is 9.97 Å². The molecule has 100 valence electrons. The summed E-state index contributed by atoms with van der Waals surface area (Å²) in [6, 6.07) is 8.78. The van der Waals surface area contributed by atoms with Crippen LogP contribution in [0.25, 0.3) is 44.3 Å². The summed E-state index contributed by atoms with van der Waals surface area (Å²) in [5, 5.41) is 6.82. The molecule has 0 amide bonds. The van der Waals surface area contributed by atoms with E-state index < -0.39 is 0 Å². The fraction of sp³-hybridized carbons (Fsp3) is 0.111. The predicted molar refractivity (Wildman–Crippen MR) is 88.8 cm³/mol. The number of hydrogen-bond acceptors (Lipinski definition) is 3. The second-order valence-electron chi connectivity index (χ2n) is 5.67. The average molecular weight is 288 g/mol. The zero-order chi connectivity index (χ0) is 14.1. The minimum absolute atomic E-state index is 0.997. The molecule has 2 aromatic heterocycles. The van der Waals surface area contributed by atoms with Gasteiger partial charge in [-0.2, -0.15) is 0 Å². The van der Waals surface area contributed by atoms with Gasteiger partial charge in [-0.05, 0) is 30.4 Å². The largest absolute Gasteiger partial charge is 0.243 e. The number of aromatic nitrogens is 2. The third-order valence-corrected chi connectivity index (χ3v) is 5.12. The maximum atomic E-state index is 4.86. The Balaban J connectivity index is 2.04. The Labute approximate surface area is 126 Å². The maximum Gasteiger partial charge on any atom is 0.100 e. The van der Waals surface area contributed by atoms with Gasteiger partial charge >= 0.3 is 0 Å². The van der Waals surface area contributed by atoms with Crippen molar-refractivity contribution in [2.45, 2.75) is 13.8 Å². The normalized spacial score (nSPS) is 12.3. The Morgan fingerprint density at radius 3 is 1.76 bits per heavy atom. The van der Waals surface area contributed by atoms with E-state index in [1.54, 1.807) is 11.3 Å². The van der Waals surface area contributed by atoms with Crippen molar-refractivity contribution in [3.63, 3.8) is 0 Å². The average Bonchev–Trinajstić information content (AvgIpc) is 3.05. The number of rotatable bonds is 0. The van der Waals surface area contributed by atoms with E-state index >= 15 is 0 Å². The van der Waals surface area contributed by atoms with Gasteiger partial charge in [-0.15, -0.1) is 11.3 Å². The van der Waals surface area contributed by atoms with Crippen LogP contribution < -0.4 is 0 Å². The van der Waals surface area contributed by atoms with E-state index in [0.29, 0.717) is 0 Å². The van der Waals surface area contributed by atoms with Crippen molar-refractivity contribution < 1.29 is 0 Å². The standard InChI is InChI=1S/C18H12N2S/c1-9-3-5-11-16-12(6-4-10(2)15(9)16)18-17(11)19-13-7-21-8-14(13)20-18/h3-8H,1-2H3. The number of benzene rings is 2. The third kappa shape index (κ3) is 1.32. The molecular formula is C18H12N2S. The van der Waals surface area contributed by atoms with Gasteiger partial charge in [-0.1, -0.05) is 24.3 Å². The van der Waals surface area contributed by atoms with Crippen molar-refractivity contribution in [1.82, 2.24) is 9.97 Å². The topological polar surface area (TPSA) is 25.8 Å². The molecule has 1 aliphatic carbocycles. The number of fused-ring (bicyclic) bond motifs is 4. The fourth-order valence-corrected chi connectivity index (χ4v) is 4.11. The van der Waals surface area contributed by atoms with Crippen molar-refractivity contribution in [1.29, 1.82) is 0 Å². The van der Waals surface area contributed by atoms with Crippen LogP contribution in [0.4, 0.5) is 0 Å². The summed E-state index contributed by atoms with van der Waals surface area (Å²) in [6.07, 6.45) is 0. The first kappa shape index (κ1) is 11.4. The van der Waals surface area contributed by atoms with E-state index in [9.17, 15) is 0 Å². The summed E-state index contributed by atoms with van der Waals surface area (Å²) in [5.74, 6) is 0. The zero-order valence-corrected chi connectivity index (χ0v) is 12.6. The first-order valence-electron chi connectivity index (χ1n) is 7.01. The highest BCUT2D eigenvalue weighted by Gasteiger charge is 2.25. The lowest BCUT2D eigenvalue weighted by atomic mass is 9.96. The van der Waals surface area contributed by atoms with Crippen LogP contribution in [0.15, 0.2) is 35.0 Å². The lowest BCUT2D eigenvalue weighted by molar-refractivity contribution is 1.33. The number of thiophene rings is 1. The monoisotopic (exact) mass is 288 g/mol. The molecule has 0 saturated heterocycles. The second-order valence-corrected chi connectivity index (χ2v) is 6.42. The minimum Gasteiger partial charge on any atom is -0.243 e. The molecule has 1 aliphatic rings. The first-order valence-corrected chi connectivity index (χ1v) is 7.96. The van der Waals surface area contributed by atoms with Crippen LogP contribution in [0.1, 0.15) is 11.1 Å². The maximum absolute atomic E-state index is 4.86. The van der Waals surface area contributed by atoms with Crippen molar-refractivity contribution in [3.05, 3.63) is 46.2 Å². The Morgan fingerprint density at radius 1 is 0.714 bits per heavy atom. The highest BCUT2D eigenvalue weighted by Crippen LogP contribution is 2.47. The summed E-state index contributed by atoms with van der Waals surface area (Å²) in [6.45, 7) is 4.36. The molecule has 0 aliphatic heterocycles. The molecule has 2 heterocycles. The van der Waals surface area contributed by atoms with Gasteiger partial charge in [0.25, 0.3) is 0 Å². The molecule has 2 aromatic carbocycles. The highest BCUT2D eigenvalue weighted by molar-refractivity contribution is 7.09. The lowest BCUT2D eigenvalue weighted by Crippen LogP contribution is -1.87. The molecule has 0 atom stereocenters. The Bertz CT molecular complexity index is 981. The first-order chi connectivity index (χ1) is 10.2. The Morgan fingerprint density at radius 2 is 1.24 bits per heavy atom. The molecule has 0 unspecified atom stereocenters. The van der Waals surface area contributed by atoms with Gasteiger partial charge in [-0.3, -0.25) is 0 Å². The second kappa shape index (κ2) is 3.68. The van der Waals surface area contributed by atoms with E-state index in [2.05, 4.69) is 48.9 Å². The third-order valence-electron chi connectivity index (χ3n) is 4.40. The van der Waals surface area contributed by atoms with Crippen LogP contribution >= 0.6 is 11.3 Å². The number of hydrogen-bond donors (Lipinski definition) is 0. The summed E-state index contributed by atoms with van der Waals surface area (Å²) in [7, 11) is 0. The van der Waals surface area contributed by atoms with E-state index in [4.69, 9.17) is 9.97 Å². The summed E-state index contributed by atoms with van der Waals surface area (Å²) >= 11 is 1.66. The predicted octanol–water partition coefficient (Wildman–Crippen LogP) is 5.11. The van der Waals surface area contributed by atoms with E-state index in [1.165, 1.54) is 33.0 Å². The Kier molecular flexibility index (Phi) is 2.00. The van der Waals surface area contributed by atoms with Crippen molar-refractivity contribution >= 4 is 33.1 Å². The van der Waals surface area contributed by atoms with E-state index in [0.717, 1.165) is 22.4 Å². The van der Waals surface area contributed by atoms with Gasteiger partial charge in [0.15, 0.2) is 0 Å². The molecule has 0 spiro atoms. The molecule has 0 N–H and O–H groups in total. The SMILES string of the molecule is Cc1ccc2c3c(ccc(C)c13)-c1nc3cscc3nc1-2. The summed E-state index contributed by atoms with van der Waals surface area (Å²) in [4.78, 5) is 9.73. The molecule has 0 bridgehead atoms. The molecular weight excluding hydrogens is 276 g/mol. The van der Waals surface area contributed by atoms with Gasteiger partial charge < -0.3 is 0 Å². The van der Waals surface area contributed by atoms with Crippen molar-refractivity contribution in [2.75, 3.05) is 0 Å². The van der Waals surface area contributed by atoms with Crippen molar-refractivity contribution in [3.8, 4) is 22.5 Å². The molecule has 21 heavy (non-hydrogen) atoms. The van der Waals surface area contributed by atoms with Crippen LogP contribution in [0.2, 0.25) is 0 Å². The van der Waals surface area contributed by atoms with Gasteiger partial charge in [0.05, 0.1) is 11.4 Å². The quantitative estimate of drug-likeness (QED) is 0.396. The number of nitrogens with zero attached hydrogens (tertiary/aromatic N) is 2. The van der Waals surface area contributed by atoms with Crippen LogP contribution in [-0.2, 0) is 0 Å². The van der Waals surface area contributed by atoms with Gasteiger partial charge in [0.1, 0.15) is 11.0 Å². The highest BCUT2D eigenvalue weighted by atomic mass is 32.1. The lowest BCUT2D eigenvalue weighted by Gasteiger charge is -2.08. The van der Waals surface area contributed by atoms with Gasteiger partial charge in [-0.25, -0.2) is 9.97 Å². The summed E-state index contributed by atoms with van der Waals surface area (Å²) in [5.41, 5.74) is 9.16. The minimum atomic E-state index is 0.997. The van der Waals surface area contributed by atoms with Crippen LogP contribution in [0, 0.1) is 13.8 Å². The van der Waals surface area contributed by atoms with E-state index in [1.807, 2.05) is 0 Å². The fourth-order valence-electron chi connectivity index (χ4n) is 3.44. The van der Waals surface area contributed by atoms with E-state index in [-0.39, 0.29) is 0 Å². The molecule has 0 fully saturated rings. The van der Waals surface area contributed by atoms with Crippen LogP contribution in [0.3, 0.4) is 0 Å². The molecule has 3 heteroatoms. The zero-order valence-electron chi connectivity index (χ0n) is 11.8. The molecule has 4 aromatic rings. The van der Waals surface area contributed by atoms with Crippen LogP contribution in [0.5, 0.6) is 0 Å². The number of aryl methyl sites for hydroxylation is 2. The smallest absolute Gasteiger partial charge is 0.100 e. The van der Waals surface area contributed by atoms with Crippen molar-refractivity contribution in [2.24, 2.45) is 0 Å². The Hall–Kier alpha value is -2.26. The molecule has 0 radical (unpaired) electrons. The van der Waals surface area contributed by atoms with Gasteiger partial charge in [0, 0.05) is 27.3 Å². The summed E-state index contributed by atoms with van der Waals surface area (Å²) < 4.78 is 0. The van der Waals surface area contributed by atoms with Gasteiger partial charge in [0.2, 0.25) is 0 Å². The molecule has 2 nitrogen and oxygen atoms in total. The molecule has 0 saturated carbocycles.